The summed E-state index contributed by atoms with van der Waals surface area (Å²) in [6, 6.07) is 8.03. The molecule has 1 aliphatic rings. The molecule has 0 saturated carbocycles. The van der Waals surface area contributed by atoms with Crippen LogP contribution in [0.4, 0.5) is 0 Å². The van der Waals surface area contributed by atoms with Crippen LogP contribution in [0, 0.1) is 0 Å². The number of hydrogen-bond donors (Lipinski definition) is 0. The van der Waals surface area contributed by atoms with Gasteiger partial charge >= 0.3 is 7.12 Å². The summed E-state index contributed by atoms with van der Waals surface area (Å²) in [5, 5.41) is 0. The van der Waals surface area contributed by atoms with E-state index >= 15 is 0 Å². The van der Waals surface area contributed by atoms with Crippen molar-refractivity contribution >= 4 is 28.5 Å². The van der Waals surface area contributed by atoms with E-state index in [-0.39, 0.29) is 18.8 Å². The number of benzene rings is 1. The monoisotopic (exact) mass is 282 g/mol. The lowest BCUT2D eigenvalue weighted by Crippen LogP contribution is -2.52. The summed E-state index contributed by atoms with van der Waals surface area (Å²) in [5.41, 5.74) is 0.930. The van der Waals surface area contributed by atoms with E-state index in [9.17, 15) is 0 Å². The third kappa shape index (κ3) is 2.68. The predicted octanol–water partition coefficient (Wildman–Crippen LogP) is 2.75. The molecule has 0 bridgehead atoms. The molecule has 1 unspecified atom stereocenters. The lowest BCUT2D eigenvalue weighted by Gasteiger charge is -2.38. The molecule has 86 valence electrons. The van der Waals surface area contributed by atoms with Crippen molar-refractivity contribution in [1.29, 1.82) is 0 Å². The normalized spacial score (nSPS) is 24.5. The van der Waals surface area contributed by atoms with Crippen LogP contribution in [-0.2, 0) is 9.31 Å². The number of rotatable bonds is 1. The maximum atomic E-state index is 5.96. The van der Waals surface area contributed by atoms with Gasteiger partial charge in [-0.05, 0) is 38.7 Å². The van der Waals surface area contributed by atoms with Gasteiger partial charge in [0.25, 0.3) is 0 Å². The van der Waals surface area contributed by atoms with E-state index in [4.69, 9.17) is 9.31 Å². The molecule has 0 amide bonds. The minimum atomic E-state index is -0.269. The van der Waals surface area contributed by atoms with Gasteiger partial charge in [-0.1, -0.05) is 34.1 Å². The smallest absolute Gasteiger partial charge is 0.405 e. The van der Waals surface area contributed by atoms with Crippen molar-refractivity contribution in [2.75, 3.05) is 0 Å². The fourth-order valence-electron chi connectivity index (χ4n) is 2.12. The van der Waals surface area contributed by atoms with Gasteiger partial charge in [0.2, 0.25) is 0 Å². The minimum absolute atomic E-state index is 0.127. The summed E-state index contributed by atoms with van der Waals surface area (Å²) >= 11 is 3.53. The fourth-order valence-corrected chi connectivity index (χ4v) is 2.59. The molecule has 0 spiro atoms. The Labute approximate surface area is 106 Å². The first-order valence-corrected chi connectivity index (χ1v) is 6.35. The zero-order chi connectivity index (χ0) is 11.8. The maximum absolute atomic E-state index is 5.96. The van der Waals surface area contributed by atoms with E-state index in [2.05, 4.69) is 36.7 Å². The predicted molar refractivity (Wildman–Crippen MR) is 69.9 cm³/mol. The van der Waals surface area contributed by atoms with Crippen LogP contribution in [0.1, 0.15) is 27.2 Å². The Bertz CT molecular complexity index is 381. The zero-order valence-electron chi connectivity index (χ0n) is 9.87. The van der Waals surface area contributed by atoms with Crippen LogP contribution in [0.15, 0.2) is 28.7 Å². The highest BCUT2D eigenvalue weighted by Gasteiger charge is 2.38. The van der Waals surface area contributed by atoms with Gasteiger partial charge in [0, 0.05) is 10.6 Å². The first-order valence-electron chi connectivity index (χ1n) is 5.56. The van der Waals surface area contributed by atoms with E-state index in [1.807, 2.05) is 24.3 Å². The molecule has 1 fully saturated rings. The van der Waals surface area contributed by atoms with Gasteiger partial charge in [-0.15, -0.1) is 0 Å². The van der Waals surface area contributed by atoms with Crippen molar-refractivity contribution in [2.45, 2.75) is 38.9 Å². The average Bonchev–Trinajstić information content (AvgIpc) is 2.15. The molecule has 0 aliphatic carbocycles. The second-order valence-electron chi connectivity index (χ2n) is 4.88. The quantitative estimate of drug-likeness (QED) is 0.738. The van der Waals surface area contributed by atoms with Crippen LogP contribution in [0.5, 0.6) is 0 Å². The average molecular weight is 283 g/mol. The Morgan fingerprint density at radius 2 is 2.06 bits per heavy atom. The Morgan fingerprint density at radius 3 is 2.69 bits per heavy atom. The Morgan fingerprint density at radius 1 is 1.38 bits per heavy atom. The van der Waals surface area contributed by atoms with Crippen LogP contribution < -0.4 is 5.46 Å². The summed E-state index contributed by atoms with van der Waals surface area (Å²) in [5.74, 6) is 0. The van der Waals surface area contributed by atoms with Crippen molar-refractivity contribution in [3.63, 3.8) is 0 Å². The van der Waals surface area contributed by atoms with Gasteiger partial charge in [0.1, 0.15) is 0 Å². The molecule has 1 aromatic rings. The van der Waals surface area contributed by atoms with Gasteiger partial charge in [-0.2, -0.15) is 0 Å². The van der Waals surface area contributed by atoms with E-state index in [1.54, 1.807) is 0 Å². The number of halogens is 1. The second kappa shape index (κ2) is 4.51. The highest BCUT2D eigenvalue weighted by Crippen LogP contribution is 2.26. The molecular formula is C12H16BBrO2. The van der Waals surface area contributed by atoms with Crippen molar-refractivity contribution < 1.29 is 9.31 Å². The Hall–Kier alpha value is -0.315. The van der Waals surface area contributed by atoms with Crippen molar-refractivity contribution in [2.24, 2.45) is 0 Å². The second-order valence-corrected chi connectivity index (χ2v) is 5.74. The summed E-state index contributed by atoms with van der Waals surface area (Å²) in [7, 11) is -0.269. The number of hydrogen-bond acceptors (Lipinski definition) is 2. The largest absolute Gasteiger partial charge is 0.495 e. The summed E-state index contributed by atoms with van der Waals surface area (Å²) < 4.78 is 12.8. The highest BCUT2D eigenvalue weighted by molar-refractivity contribution is 9.10. The lowest BCUT2D eigenvalue weighted by atomic mass is 9.75. The molecule has 0 radical (unpaired) electrons. The fraction of sp³-hybridized carbons (Fsp3) is 0.500. The van der Waals surface area contributed by atoms with Crippen LogP contribution in [-0.4, -0.2) is 18.8 Å². The molecule has 1 atom stereocenters. The summed E-state index contributed by atoms with van der Waals surface area (Å²) in [4.78, 5) is 0. The molecule has 1 saturated heterocycles. The van der Waals surface area contributed by atoms with Crippen LogP contribution in [0.3, 0.4) is 0 Å². The standard InChI is InChI=1S/C12H16BBrO2/c1-9-8-12(2,3)16-13(15-9)10-6-4-5-7-11(10)14/h4-7,9H,8H2,1-3H3. The third-order valence-corrected chi connectivity index (χ3v) is 3.44. The minimum Gasteiger partial charge on any atom is -0.405 e. The van der Waals surface area contributed by atoms with Crippen molar-refractivity contribution in [3.8, 4) is 0 Å². The Balaban J connectivity index is 2.25. The van der Waals surface area contributed by atoms with Gasteiger partial charge in [-0.3, -0.25) is 0 Å². The SMILES string of the molecule is CC1CC(C)(C)OB(c2ccccc2Br)O1. The lowest BCUT2D eigenvalue weighted by molar-refractivity contribution is -0.0230. The van der Waals surface area contributed by atoms with Gasteiger partial charge in [-0.25, -0.2) is 0 Å². The van der Waals surface area contributed by atoms with Crippen LogP contribution in [0.25, 0.3) is 0 Å². The van der Waals surface area contributed by atoms with E-state index in [1.165, 1.54) is 0 Å². The van der Waals surface area contributed by atoms with E-state index < -0.39 is 0 Å². The summed E-state index contributed by atoms with van der Waals surface area (Å²) in [6.45, 7) is 6.31. The maximum Gasteiger partial charge on any atom is 0.495 e. The highest BCUT2D eigenvalue weighted by atomic mass is 79.9. The van der Waals surface area contributed by atoms with Crippen molar-refractivity contribution in [3.05, 3.63) is 28.7 Å². The first-order chi connectivity index (χ1) is 7.48. The zero-order valence-corrected chi connectivity index (χ0v) is 11.5. The van der Waals surface area contributed by atoms with Gasteiger partial charge in [0.15, 0.2) is 0 Å². The molecule has 1 aromatic carbocycles. The molecule has 2 rings (SSSR count). The van der Waals surface area contributed by atoms with E-state index in [0.717, 1.165) is 16.4 Å². The van der Waals surface area contributed by atoms with Gasteiger partial charge < -0.3 is 9.31 Å². The van der Waals surface area contributed by atoms with Crippen molar-refractivity contribution in [1.82, 2.24) is 0 Å². The Kier molecular flexibility index (Phi) is 3.43. The molecule has 2 nitrogen and oxygen atoms in total. The molecule has 16 heavy (non-hydrogen) atoms. The molecule has 1 aliphatic heterocycles. The van der Waals surface area contributed by atoms with E-state index in [0.29, 0.717) is 0 Å². The molecule has 4 heteroatoms. The first kappa shape index (κ1) is 12.2. The molecule has 0 N–H and O–H groups in total. The topological polar surface area (TPSA) is 18.5 Å². The third-order valence-electron chi connectivity index (χ3n) is 2.72. The molecule has 0 aromatic heterocycles. The van der Waals surface area contributed by atoms with Crippen LogP contribution >= 0.6 is 15.9 Å². The molecule has 1 heterocycles. The van der Waals surface area contributed by atoms with Gasteiger partial charge in [0.05, 0.1) is 5.60 Å². The summed E-state index contributed by atoms with van der Waals surface area (Å²) in [6.07, 6.45) is 1.15. The molecular weight excluding hydrogens is 267 g/mol. The van der Waals surface area contributed by atoms with Crippen LogP contribution in [0.2, 0.25) is 0 Å².